The summed E-state index contributed by atoms with van der Waals surface area (Å²) in [5.74, 6) is 0.387. The van der Waals surface area contributed by atoms with Gasteiger partial charge in [-0.1, -0.05) is 30.3 Å². The molecule has 1 amide bonds. The van der Waals surface area contributed by atoms with Crippen molar-refractivity contribution in [1.82, 2.24) is 25.1 Å². The fraction of sp³-hybridized carbons (Fsp3) is 0.286. The molecule has 2 heterocycles. The van der Waals surface area contributed by atoms with E-state index in [0.717, 1.165) is 49.7 Å². The van der Waals surface area contributed by atoms with E-state index in [9.17, 15) is 4.79 Å². The Balaban J connectivity index is 0.000000858. The molecule has 4 rings (SSSR count). The van der Waals surface area contributed by atoms with Gasteiger partial charge >= 0.3 is 0 Å². The number of aromatic nitrogens is 4. The fourth-order valence-corrected chi connectivity index (χ4v) is 3.15. The summed E-state index contributed by atoms with van der Waals surface area (Å²) < 4.78 is 5.41. The van der Waals surface area contributed by atoms with Gasteiger partial charge in [-0.25, -0.2) is 0 Å². The van der Waals surface area contributed by atoms with E-state index in [0.29, 0.717) is 11.4 Å². The molecule has 1 aliphatic rings. The number of rotatable bonds is 5. The highest BCUT2D eigenvalue weighted by Crippen LogP contribution is 2.20. The van der Waals surface area contributed by atoms with Gasteiger partial charge in [-0.3, -0.25) is 14.5 Å². The minimum atomic E-state index is -0.250. The Morgan fingerprint density at radius 1 is 1.16 bits per heavy atom. The number of hydrogen-bond donors (Lipinski definition) is 2. The second-order valence-corrected chi connectivity index (χ2v) is 6.79. The molecule has 1 aromatic heterocycles. The second-order valence-electron chi connectivity index (χ2n) is 6.79. The number of hydrogen-bond acceptors (Lipinski definition) is 7. The minimum Gasteiger partial charge on any atom is -0.483 e. The molecule has 1 fully saturated rings. The number of morpholine rings is 1. The monoisotopic (exact) mass is 424 g/mol. The number of anilines is 1. The van der Waals surface area contributed by atoms with Crippen LogP contribution in [-0.4, -0.2) is 68.9 Å². The number of carboxylic acid groups (broad SMARTS) is 1. The van der Waals surface area contributed by atoms with Crippen molar-refractivity contribution >= 4 is 18.1 Å². The lowest BCUT2D eigenvalue weighted by Crippen LogP contribution is -2.35. The molecule has 0 saturated carbocycles. The molecule has 1 saturated heterocycles. The highest BCUT2D eigenvalue weighted by atomic mass is 16.5. The van der Waals surface area contributed by atoms with Crippen LogP contribution in [0.3, 0.4) is 0 Å². The first-order chi connectivity index (χ1) is 15.1. The first-order valence-electron chi connectivity index (χ1n) is 9.72. The number of aryl methyl sites for hydroxylation is 1. The molecule has 0 spiro atoms. The van der Waals surface area contributed by atoms with Gasteiger partial charge in [0.05, 0.1) is 20.3 Å². The van der Waals surface area contributed by atoms with Crippen LogP contribution in [0.15, 0.2) is 48.5 Å². The van der Waals surface area contributed by atoms with E-state index in [1.807, 2.05) is 36.4 Å². The van der Waals surface area contributed by atoms with Crippen molar-refractivity contribution in [3.05, 3.63) is 59.7 Å². The van der Waals surface area contributed by atoms with Crippen LogP contribution in [0.1, 0.15) is 15.9 Å². The predicted molar refractivity (Wildman–Crippen MR) is 113 cm³/mol. The number of tetrazole rings is 1. The highest BCUT2D eigenvalue weighted by Gasteiger charge is 2.15. The molecule has 0 radical (unpaired) electrons. The quantitative estimate of drug-likeness (QED) is 0.593. The van der Waals surface area contributed by atoms with Crippen molar-refractivity contribution in [2.45, 2.75) is 6.54 Å². The molecule has 10 heteroatoms. The van der Waals surface area contributed by atoms with Crippen LogP contribution in [0.2, 0.25) is 0 Å². The number of carbonyl (C=O) groups excluding carboxylic acids is 1. The molecule has 0 aliphatic carbocycles. The number of benzene rings is 2. The summed E-state index contributed by atoms with van der Waals surface area (Å²) >= 11 is 0. The minimum absolute atomic E-state index is 0.145. The average molecular weight is 424 g/mol. The summed E-state index contributed by atoms with van der Waals surface area (Å²) in [4.78, 5) is 24.8. The molecule has 0 unspecified atom stereocenters. The summed E-state index contributed by atoms with van der Waals surface area (Å²) in [6.45, 7) is 3.85. The van der Waals surface area contributed by atoms with Crippen molar-refractivity contribution in [3.8, 4) is 11.4 Å². The molecule has 3 aromatic rings. The number of carbonyl (C=O) groups is 2. The van der Waals surface area contributed by atoms with Gasteiger partial charge in [0.15, 0.2) is 0 Å². The molecule has 2 aromatic carbocycles. The van der Waals surface area contributed by atoms with Crippen molar-refractivity contribution in [2.75, 3.05) is 31.6 Å². The Morgan fingerprint density at radius 2 is 1.84 bits per heavy atom. The van der Waals surface area contributed by atoms with Crippen LogP contribution < -0.4 is 5.32 Å². The Bertz CT molecular complexity index is 999. The van der Waals surface area contributed by atoms with Crippen molar-refractivity contribution in [3.63, 3.8) is 0 Å². The standard InChI is InChI=1S/C20H22N6O2.CH2O2/c1-25-23-19(22-24-25)15-6-8-16(9-7-15)20(27)21-18-5-3-2-4-17(18)14-26-10-12-28-13-11-26;2-1-3/h2-9H,10-14H2,1H3,(H,21,27);1H,(H,2,3). The summed E-state index contributed by atoms with van der Waals surface area (Å²) in [6, 6.07) is 15.1. The van der Waals surface area contributed by atoms with Crippen LogP contribution >= 0.6 is 0 Å². The van der Waals surface area contributed by atoms with Gasteiger partial charge in [-0.15, -0.1) is 10.2 Å². The zero-order chi connectivity index (χ0) is 22.1. The Kier molecular flexibility index (Phi) is 7.79. The third-order valence-corrected chi connectivity index (χ3v) is 4.68. The summed E-state index contributed by atoms with van der Waals surface area (Å²) in [7, 11) is 1.71. The number of ether oxygens (including phenoxy) is 1. The van der Waals surface area contributed by atoms with Gasteiger partial charge in [0.1, 0.15) is 0 Å². The Labute approximate surface area is 179 Å². The van der Waals surface area contributed by atoms with E-state index in [1.165, 1.54) is 4.80 Å². The second kappa shape index (κ2) is 11.0. The van der Waals surface area contributed by atoms with Crippen molar-refractivity contribution in [2.24, 2.45) is 7.05 Å². The van der Waals surface area contributed by atoms with E-state index in [1.54, 1.807) is 19.2 Å². The lowest BCUT2D eigenvalue weighted by molar-refractivity contribution is -0.122. The molecule has 10 nitrogen and oxygen atoms in total. The molecule has 1 aliphatic heterocycles. The van der Waals surface area contributed by atoms with E-state index in [4.69, 9.17) is 14.6 Å². The topological polar surface area (TPSA) is 122 Å². The van der Waals surface area contributed by atoms with E-state index >= 15 is 0 Å². The van der Waals surface area contributed by atoms with E-state index in [-0.39, 0.29) is 12.4 Å². The largest absolute Gasteiger partial charge is 0.483 e. The van der Waals surface area contributed by atoms with Gasteiger partial charge in [-0.2, -0.15) is 4.80 Å². The Hall–Kier alpha value is -3.63. The van der Waals surface area contributed by atoms with Crippen LogP contribution in [0.5, 0.6) is 0 Å². The van der Waals surface area contributed by atoms with Gasteiger partial charge in [0.25, 0.3) is 12.4 Å². The summed E-state index contributed by atoms with van der Waals surface area (Å²) in [6.07, 6.45) is 0. The van der Waals surface area contributed by atoms with Crippen molar-refractivity contribution < 1.29 is 19.4 Å². The highest BCUT2D eigenvalue weighted by molar-refractivity contribution is 6.04. The summed E-state index contributed by atoms with van der Waals surface area (Å²) in [5, 5.41) is 21.9. The lowest BCUT2D eigenvalue weighted by atomic mass is 10.1. The van der Waals surface area contributed by atoms with E-state index in [2.05, 4.69) is 25.6 Å². The summed E-state index contributed by atoms with van der Waals surface area (Å²) in [5.41, 5.74) is 3.32. The van der Waals surface area contributed by atoms with Crippen LogP contribution in [0.25, 0.3) is 11.4 Å². The molecule has 31 heavy (non-hydrogen) atoms. The molecule has 0 bridgehead atoms. The van der Waals surface area contributed by atoms with Gasteiger partial charge in [0.2, 0.25) is 5.82 Å². The number of nitrogens with zero attached hydrogens (tertiary/aromatic N) is 5. The number of para-hydroxylation sites is 1. The first kappa shape index (κ1) is 22.1. The zero-order valence-electron chi connectivity index (χ0n) is 17.1. The molecule has 162 valence electrons. The SMILES string of the molecule is Cn1nnc(-c2ccc(C(=O)Nc3ccccc3CN3CCOCC3)cc2)n1.O=CO. The van der Waals surface area contributed by atoms with Gasteiger partial charge in [-0.05, 0) is 29.0 Å². The molecular formula is C21H24N6O4. The normalized spacial score (nSPS) is 13.7. The van der Waals surface area contributed by atoms with Gasteiger partial charge in [0, 0.05) is 36.4 Å². The van der Waals surface area contributed by atoms with E-state index < -0.39 is 0 Å². The third-order valence-electron chi connectivity index (χ3n) is 4.68. The van der Waals surface area contributed by atoms with Crippen molar-refractivity contribution in [1.29, 1.82) is 0 Å². The fourth-order valence-electron chi connectivity index (χ4n) is 3.15. The van der Waals surface area contributed by atoms with Crippen LogP contribution in [0, 0.1) is 0 Å². The predicted octanol–water partition coefficient (Wildman–Crippen LogP) is 1.66. The molecule has 0 atom stereocenters. The first-order valence-corrected chi connectivity index (χ1v) is 9.72. The van der Waals surface area contributed by atoms with Crippen LogP contribution in [-0.2, 0) is 23.1 Å². The van der Waals surface area contributed by atoms with Gasteiger partial charge < -0.3 is 15.2 Å². The Morgan fingerprint density at radius 3 is 2.48 bits per heavy atom. The zero-order valence-corrected chi connectivity index (χ0v) is 17.1. The number of amides is 1. The third kappa shape index (κ3) is 6.17. The maximum atomic E-state index is 12.7. The smallest absolute Gasteiger partial charge is 0.290 e. The number of nitrogens with one attached hydrogen (secondary N) is 1. The van der Waals surface area contributed by atoms with Crippen LogP contribution in [0.4, 0.5) is 5.69 Å². The maximum absolute atomic E-state index is 12.7. The molecule has 2 N–H and O–H groups in total. The lowest BCUT2D eigenvalue weighted by Gasteiger charge is -2.27. The average Bonchev–Trinajstić information content (AvgIpc) is 3.23. The molecular weight excluding hydrogens is 400 g/mol. The maximum Gasteiger partial charge on any atom is 0.290 e.